The molecular weight excluding hydrogens is 559 g/mol. The van der Waals surface area contributed by atoms with Crippen LogP contribution in [-0.2, 0) is 20.1 Å². The molecule has 41 heavy (non-hydrogen) atoms. The van der Waals surface area contributed by atoms with Crippen LogP contribution in [0.15, 0.2) is 65.7 Å². The van der Waals surface area contributed by atoms with E-state index in [0.717, 1.165) is 23.9 Å². The molecule has 0 aliphatic heterocycles. The van der Waals surface area contributed by atoms with E-state index in [2.05, 4.69) is 10.3 Å². The number of likely N-dealkylation sites (N-methyl/N-ethyl adjacent to an activating group) is 1. The molecule has 0 radical (unpaired) electrons. The summed E-state index contributed by atoms with van der Waals surface area (Å²) in [6, 6.07) is 12.7. The molecule has 0 spiro atoms. The molecule has 0 fully saturated rings. The number of aliphatic imine (C=N–C) groups is 1. The molecule has 1 N–H and O–H groups in total. The molecule has 0 aromatic heterocycles. The first-order chi connectivity index (χ1) is 19.7. The van der Waals surface area contributed by atoms with Crippen LogP contribution in [0.5, 0.6) is 11.5 Å². The number of rotatable bonds is 11. The van der Waals surface area contributed by atoms with E-state index < -0.39 is 35.4 Å². The SMILES string of the molecule is COC(=O)CC[C@H](N=C(Nc1ccc(F)cc1)SCc1c(F)cccc1F)C(=O)N(C)c1ccc(OC)c(OC)c1. The molecule has 0 bridgehead atoms. The zero-order valence-corrected chi connectivity index (χ0v) is 23.8. The average Bonchev–Trinajstić information content (AvgIpc) is 2.98. The van der Waals surface area contributed by atoms with Gasteiger partial charge in [-0.2, -0.15) is 0 Å². The van der Waals surface area contributed by atoms with Gasteiger partial charge in [-0.15, -0.1) is 0 Å². The molecule has 1 amide bonds. The molecule has 0 heterocycles. The smallest absolute Gasteiger partial charge is 0.305 e. The molecule has 1 atom stereocenters. The Morgan fingerprint density at radius 1 is 0.951 bits per heavy atom. The molecule has 3 aromatic rings. The highest BCUT2D eigenvalue weighted by Crippen LogP contribution is 2.32. The number of anilines is 2. The number of methoxy groups -OCH3 is 3. The number of amides is 1. The maximum atomic E-state index is 14.3. The Balaban J connectivity index is 1.98. The number of nitrogens with zero attached hydrogens (tertiary/aromatic N) is 2. The van der Waals surface area contributed by atoms with Crippen molar-refractivity contribution >= 4 is 40.2 Å². The van der Waals surface area contributed by atoms with Gasteiger partial charge in [0.15, 0.2) is 16.7 Å². The zero-order chi connectivity index (χ0) is 29.9. The minimum atomic E-state index is -1.10. The van der Waals surface area contributed by atoms with Crippen molar-refractivity contribution in [2.24, 2.45) is 4.99 Å². The molecule has 0 aliphatic rings. The van der Waals surface area contributed by atoms with Crippen LogP contribution in [0.2, 0.25) is 0 Å². The Bertz CT molecular complexity index is 1370. The Hall–Kier alpha value is -4.19. The van der Waals surface area contributed by atoms with E-state index in [1.807, 2.05) is 0 Å². The van der Waals surface area contributed by atoms with Crippen molar-refractivity contribution in [2.45, 2.75) is 24.6 Å². The summed E-state index contributed by atoms with van der Waals surface area (Å²) in [4.78, 5) is 31.6. The standard InChI is InChI=1S/C29H30F3N3O5S/c1-35(20-12-14-25(38-2)26(16-20)39-3)28(37)24(13-15-27(36)40-4)34-29(33-19-10-8-18(30)9-11-19)41-17-21-22(31)6-5-7-23(21)32/h5-12,14,16,24H,13,15,17H2,1-4H3,(H,33,34)/t24-/m0/s1. The molecule has 3 aromatic carbocycles. The van der Waals surface area contributed by atoms with Crippen LogP contribution in [-0.4, -0.2) is 51.5 Å². The number of hydrogen-bond acceptors (Lipinski definition) is 7. The van der Waals surface area contributed by atoms with Gasteiger partial charge in [-0.05, 0) is 55.0 Å². The molecule has 0 saturated carbocycles. The predicted molar refractivity (Wildman–Crippen MR) is 153 cm³/mol. The highest BCUT2D eigenvalue weighted by atomic mass is 32.2. The van der Waals surface area contributed by atoms with Crippen LogP contribution >= 0.6 is 11.8 Å². The van der Waals surface area contributed by atoms with Crippen LogP contribution in [0.1, 0.15) is 18.4 Å². The highest BCUT2D eigenvalue weighted by Gasteiger charge is 2.26. The number of carbonyl (C=O) groups is 2. The maximum Gasteiger partial charge on any atom is 0.305 e. The van der Waals surface area contributed by atoms with E-state index in [4.69, 9.17) is 14.2 Å². The predicted octanol–water partition coefficient (Wildman–Crippen LogP) is 5.81. The van der Waals surface area contributed by atoms with Crippen molar-refractivity contribution < 1.29 is 37.0 Å². The summed E-state index contributed by atoms with van der Waals surface area (Å²) >= 11 is 0.948. The maximum absolute atomic E-state index is 14.3. The van der Waals surface area contributed by atoms with Gasteiger partial charge in [0.05, 0.1) is 21.3 Å². The second-order valence-electron chi connectivity index (χ2n) is 8.62. The lowest BCUT2D eigenvalue weighted by Gasteiger charge is -2.23. The first-order valence-electron chi connectivity index (χ1n) is 12.4. The van der Waals surface area contributed by atoms with Crippen molar-refractivity contribution in [3.05, 3.63) is 83.7 Å². The summed E-state index contributed by atoms with van der Waals surface area (Å²) in [5, 5.41) is 3.12. The van der Waals surface area contributed by atoms with Gasteiger partial charge in [0.1, 0.15) is 23.5 Å². The van der Waals surface area contributed by atoms with Crippen LogP contribution in [0.3, 0.4) is 0 Å². The Labute approximate surface area is 240 Å². The summed E-state index contributed by atoms with van der Waals surface area (Å²) in [5.41, 5.74) is 0.727. The minimum absolute atomic E-state index is 0.0215. The molecule has 12 heteroatoms. The number of carbonyl (C=O) groups excluding carboxylic acids is 2. The van der Waals surface area contributed by atoms with Gasteiger partial charge in [-0.1, -0.05) is 17.8 Å². The first-order valence-corrected chi connectivity index (χ1v) is 13.4. The number of esters is 1. The molecular formula is C29H30F3N3O5S. The summed E-state index contributed by atoms with van der Waals surface area (Å²) in [6.45, 7) is 0. The second kappa shape index (κ2) is 15.0. The van der Waals surface area contributed by atoms with Crippen LogP contribution in [0, 0.1) is 17.5 Å². The number of ether oxygens (including phenoxy) is 3. The molecule has 8 nitrogen and oxygen atoms in total. The third kappa shape index (κ3) is 8.65. The van der Waals surface area contributed by atoms with E-state index in [1.54, 1.807) is 25.2 Å². The van der Waals surface area contributed by atoms with E-state index in [9.17, 15) is 22.8 Å². The normalized spacial score (nSPS) is 11.9. The Morgan fingerprint density at radius 2 is 1.61 bits per heavy atom. The van der Waals surface area contributed by atoms with E-state index in [-0.39, 0.29) is 29.3 Å². The van der Waals surface area contributed by atoms with Crippen LogP contribution in [0.4, 0.5) is 24.5 Å². The Morgan fingerprint density at radius 3 is 2.22 bits per heavy atom. The fourth-order valence-electron chi connectivity index (χ4n) is 3.70. The number of thioether (sulfide) groups is 1. The number of nitrogens with one attached hydrogen (secondary N) is 1. The summed E-state index contributed by atoms with van der Waals surface area (Å²) < 4.78 is 57.5. The van der Waals surface area contributed by atoms with Gasteiger partial charge >= 0.3 is 5.97 Å². The second-order valence-corrected chi connectivity index (χ2v) is 9.59. The lowest BCUT2D eigenvalue weighted by Crippen LogP contribution is -2.37. The van der Waals surface area contributed by atoms with E-state index >= 15 is 0 Å². The van der Waals surface area contributed by atoms with Crippen molar-refractivity contribution in [1.82, 2.24) is 0 Å². The number of halogens is 3. The lowest BCUT2D eigenvalue weighted by atomic mass is 10.1. The fraction of sp³-hybridized carbons (Fsp3) is 0.276. The van der Waals surface area contributed by atoms with Gasteiger partial charge in [-0.3, -0.25) is 9.59 Å². The zero-order valence-electron chi connectivity index (χ0n) is 22.9. The largest absolute Gasteiger partial charge is 0.493 e. The Kier molecular flexibility index (Phi) is 11.5. The van der Waals surface area contributed by atoms with Gasteiger partial charge < -0.3 is 24.4 Å². The third-order valence-electron chi connectivity index (χ3n) is 6.00. The number of benzene rings is 3. The number of amidine groups is 1. The molecule has 0 unspecified atom stereocenters. The van der Waals surface area contributed by atoms with E-state index in [1.165, 1.54) is 56.6 Å². The highest BCUT2D eigenvalue weighted by molar-refractivity contribution is 8.13. The van der Waals surface area contributed by atoms with Gasteiger partial charge in [0.2, 0.25) is 0 Å². The third-order valence-corrected chi connectivity index (χ3v) is 6.92. The summed E-state index contributed by atoms with van der Waals surface area (Å²) in [7, 11) is 5.73. The summed E-state index contributed by atoms with van der Waals surface area (Å²) in [5.74, 6) is -2.22. The monoisotopic (exact) mass is 589 g/mol. The van der Waals surface area contributed by atoms with Gasteiger partial charge in [0, 0.05) is 42.2 Å². The molecule has 0 saturated heterocycles. The molecule has 218 valence electrons. The van der Waals surface area contributed by atoms with Crippen molar-refractivity contribution in [1.29, 1.82) is 0 Å². The van der Waals surface area contributed by atoms with Crippen molar-refractivity contribution in [3.8, 4) is 11.5 Å². The number of hydrogen-bond donors (Lipinski definition) is 1. The summed E-state index contributed by atoms with van der Waals surface area (Å²) in [6.07, 6.45) is -0.140. The minimum Gasteiger partial charge on any atom is -0.493 e. The lowest BCUT2D eigenvalue weighted by molar-refractivity contribution is -0.140. The van der Waals surface area contributed by atoms with Crippen molar-refractivity contribution in [3.63, 3.8) is 0 Å². The average molecular weight is 590 g/mol. The quantitative estimate of drug-likeness (QED) is 0.172. The van der Waals surface area contributed by atoms with Crippen LogP contribution < -0.4 is 19.7 Å². The molecule has 0 aliphatic carbocycles. The van der Waals surface area contributed by atoms with E-state index in [0.29, 0.717) is 22.9 Å². The van der Waals surface area contributed by atoms with Crippen molar-refractivity contribution in [2.75, 3.05) is 38.6 Å². The van der Waals surface area contributed by atoms with Gasteiger partial charge in [0.25, 0.3) is 5.91 Å². The van der Waals surface area contributed by atoms with Gasteiger partial charge in [-0.25, -0.2) is 18.2 Å². The molecule has 3 rings (SSSR count). The fourth-order valence-corrected chi connectivity index (χ4v) is 4.65. The van der Waals surface area contributed by atoms with Crippen LogP contribution in [0.25, 0.3) is 0 Å². The topological polar surface area (TPSA) is 89.5 Å². The first kappa shape index (κ1) is 31.3.